The van der Waals surface area contributed by atoms with Crippen molar-refractivity contribution >= 4 is 22.5 Å². The van der Waals surface area contributed by atoms with E-state index in [9.17, 15) is 13.6 Å². The van der Waals surface area contributed by atoms with Gasteiger partial charge in [0, 0.05) is 6.07 Å². The minimum atomic E-state index is -0.801. The topological polar surface area (TPSA) is 60.9 Å². The molecule has 1 atom stereocenters. The van der Waals surface area contributed by atoms with Crippen molar-refractivity contribution in [2.24, 2.45) is 11.7 Å². The summed E-state index contributed by atoms with van der Waals surface area (Å²) in [4.78, 5) is 17.5. The minimum Gasteiger partial charge on any atom is -0.321 e. The van der Waals surface area contributed by atoms with Crippen molar-refractivity contribution in [3.8, 4) is 5.69 Å². The van der Waals surface area contributed by atoms with Gasteiger partial charge in [0.2, 0.25) is 0 Å². The van der Waals surface area contributed by atoms with Crippen molar-refractivity contribution in [3.05, 3.63) is 69.2 Å². The Morgan fingerprint density at radius 2 is 1.80 bits per heavy atom. The fraction of sp³-hybridized carbons (Fsp3) is 0.222. The lowest BCUT2D eigenvalue weighted by molar-refractivity contribution is 0.479. The molecule has 2 N–H and O–H groups in total. The molecular formula is C18H16ClF2N3O. The number of fused-ring (bicyclic) bond motifs is 1. The van der Waals surface area contributed by atoms with Gasteiger partial charge in [0.25, 0.3) is 5.56 Å². The van der Waals surface area contributed by atoms with Crippen molar-refractivity contribution in [3.63, 3.8) is 0 Å². The van der Waals surface area contributed by atoms with Crippen LogP contribution in [0.4, 0.5) is 8.78 Å². The Morgan fingerprint density at radius 3 is 2.40 bits per heavy atom. The molecule has 0 radical (unpaired) electrons. The van der Waals surface area contributed by atoms with Crippen LogP contribution in [0.3, 0.4) is 0 Å². The summed E-state index contributed by atoms with van der Waals surface area (Å²) in [6.45, 7) is 3.74. The second kappa shape index (κ2) is 6.54. The Labute approximate surface area is 147 Å². The molecule has 1 aromatic heterocycles. The van der Waals surface area contributed by atoms with Crippen molar-refractivity contribution < 1.29 is 8.78 Å². The number of benzene rings is 2. The van der Waals surface area contributed by atoms with E-state index in [0.717, 1.165) is 22.8 Å². The average molecular weight is 364 g/mol. The van der Waals surface area contributed by atoms with Crippen LogP contribution in [-0.2, 0) is 0 Å². The van der Waals surface area contributed by atoms with Gasteiger partial charge >= 0.3 is 0 Å². The highest BCUT2D eigenvalue weighted by molar-refractivity contribution is 6.35. The van der Waals surface area contributed by atoms with Crippen LogP contribution in [0.1, 0.15) is 25.7 Å². The summed E-state index contributed by atoms with van der Waals surface area (Å²) >= 11 is 6.15. The van der Waals surface area contributed by atoms with Gasteiger partial charge in [-0.3, -0.25) is 9.36 Å². The summed E-state index contributed by atoms with van der Waals surface area (Å²) in [5.41, 5.74) is 6.09. The first-order valence-electron chi connectivity index (χ1n) is 7.73. The summed E-state index contributed by atoms with van der Waals surface area (Å²) in [5, 5.41) is 0.388. The molecule has 25 heavy (non-hydrogen) atoms. The highest BCUT2D eigenvalue weighted by Gasteiger charge is 2.22. The van der Waals surface area contributed by atoms with Crippen LogP contribution in [0.5, 0.6) is 0 Å². The fourth-order valence-electron chi connectivity index (χ4n) is 2.65. The van der Waals surface area contributed by atoms with Crippen molar-refractivity contribution in [2.45, 2.75) is 19.9 Å². The molecule has 0 aliphatic rings. The van der Waals surface area contributed by atoms with Crippen LogP contribution >= 0.6 is 11.6 Å². The largest absolute Gasteiger partial charge is 0.321 e. The zero-order valence-corrected chi connectivity index (χ0v) is 14.4. The second-order valence-electron chi connectivity index (χ2n) is 6.14. The maximum Gasteiger partial charge on any atom is 0.267 e. The molecule has 1 heterocycles. The maximum absolute atomic E-state index is 13.7. The van der Waals surface area contributed by atoms with Crippen LogP contribution in [0.15, 0.2) is 41.2 Å². The Morgan fingerprint density at radius 1 is 1.16 bits per heavy atom. The molecule has 1 unspecified atom stereocenters. The van der Waals surface area contributed by atoms with E-state index in [1.807, 2.05) is 13.8 Å². The van der Waals surface area contributed by atoms with Gasteiger partial charge in [-0.05, 0) is 30.2 Å². The van der Waals surface area contributed by atoms with Crippen molar-refractivity contribution in [2.75, 3.05) is 0 Å². The summed E-state index contributed by atoms with van der Waals surface area (Å²) in [7, 11) is 0. The molecule has 0 spiro atoms. The van der Waals surface area contributed by atoms with E-state index < -0.39 is 23.2 Å². The van der Waals surface area contributed by atoms with E-state index in [-0.39, 0.29) is 27.8 Å². The Balaban J connectivity index is 2.46. The summed E-state index contributed by atoms with van der Waals surface area (Å²) in [6, 6.07) is 7.13. The van der Waals surface area contributed by atoms with Crippen LogP contribution in [0, 0.1) is 17.6 Å². The minimum absolute atomic E-state index is 0.0166. The molecule has 7 heteroatoms. The van der Waals surface area contributed by atoms with Crippen LogP contribution in [0.2, 0.25) is 5.02 Å². The predicted octanol–water partition coefficient (Wildman–Crippen LogP) is 3.97. The lowest BCUT2D eigenvalue weighted by Gasteiger charge is -2.21. The monoisotopic (exact) mass is 363 g/mol. The second-order valence-corrected chi connectivity index (χ2v) is 6.55. The number of hydrogen-bond acceptors (Lipinski definition) is 3. The molecule has 0 bridgehead atoms. The van der Waals surface area contributed by atoms with E-state index in [1.54, 1.807) is 18.2 Å². The van der Waals surface area contributed by atoms with Gasteiger partial charge in [-0.1, -0.05) is 31.5 Å². The van der Waals surface area contributed by atoms with Crippen LogP contribution in [0.25, 0.3) is 16.6 Å². The fourth-order valence-corrected chi connectivity index (χ4v) is 2.90. The number of nitrogens with two attached hydrogens (primary N) is 1. The smallest absolute Gasteiger partial charge is 0.267 e. The number of hydrogen-bond donors (Lipinski definition) is 1. The molecule has 0 aliphatic heterocycles. The zero-order valence-electron chi connectivity index (χ0n) is 13.6. The number of rotatable bonds is 3. The molecule has 0 amide bonds. The van der Waals surface area contributed by atoms with Gasteiger partial charge in [-0.15, -0.1) is 0 Å². The van der Waals surface area contributed by atoms with E-state index in [0.29, 0.717) is 5.52 Å². The third kappa shape index (κ3) is 3.15. The van der Waals surface area contributed by atoms with Gasteiger partial charge in [0.15, 0.2) is 0 Å². The van der Waals surface area contributed by atoms with Crippen LogP contribution in [-0.4, -0.2) is 9.55 Å². The predicted molar refractivity (Wildman–Crippen MR) is 94.0 cm³/mol. The number of halogens is 3. The molecule has 0 fully saturated rings. The first-order valence-corrected chi connectivity index (χ1v) is 8.10. The van der Waals surface area contributed by atoms with E-state index in [2.05, 4.69) is 4.98 Å². The summed E-state index contributed by atoms with van der Waals surface area (Å²) in [5.74, 6) is -1.43. The molecule has 4 nitrogen and oxygen atoms in total. The Kier molecular flexibility index (Phi) is 4.58. The van der Waals surface area contributed by atoms with Crippen molar-refractivity contribution in [1.29, 1.82) is 0 Å². The summed E-state index contributed by atoms with van der Waals surface area (Å²) < 4.78 is 28.5. The molecular weight excluding hydrogens is 348 g/mol. The third-order valence-corrected chi connectivity index (χ3v) is 4.31. The maximum atomic E-state index is 13.7. The normalized spacial score (nSPS) is 12.8. The standard InChI is InChI=1S/C18H16ClF2N3O/c1-9(2)16(22)17-23-14-5-3-4-13(19)15(14)18(25)24(17)12-7-10(20)6-11(21)8-12/h3-9,16H,22H2,1-2H3. The third-order valence-electron chi connectivity index (χ3n) is 3.99. The van der Waals surface area contributed by atoms with E-state index >= 15 is 0 Å². The van der Waals surface area contributed by atoms with Gasteiger partial charge in [0.05, 0.1) is 27.7 Å². The van der Waals surface area contributed by atoms with Gasteiger partial charge in [-0.2, -0.15) is 0 Å². The molecule has 3 aromatic rings. The molecule has 3 rings (SSSR count). The summed E-state index contributed by atoms with van der Waals surface area (Å²) in [6.07, 6.45) is 0. The van der Waals surface area contributed by atoms with Crippen molar-refractivity contribution in [1.82, 2.24) is 9.55 Å². The number of nitrogens with zero attached hydrogens (tertiary/aromatic N) is 2. The molecule has 2 aromatic carbocycles. The Hall–Kier alpha value is -2.31. The highest BCUT2D eigenvalue weighted by Crippen LogP contribution is 2.25. The van der Waals surface area contributed by atoms with Crippen LogP contribution < -0.4 is 11.3 Å². The van der Waals surface area contributed by atoms with Gasteiger partial charge in [0.1, 0.15) is 17.5 Å². The van der Waals surface area contributed by atoms with E-state index in [4.69, 9.17) is 17.3 Å². The molecule has 0 aliphatic carbocycles. The lowest BCUT2D eigenvalue weighted by atomic mass is 10.0. The van der Waals surface area contributed by atoms with Gasteiger partial charge in [-0.25, -0.2) is 13.8 Å². The first kappa shape index (κ1) is 17.5. The zero-order chi connectivity index (χ0) is 18.3. The highest BCUT2D eigenvalue weighted by atomic mass is 35.5. The first-order chi connectivity index (χ1) is 11.8. The number of aromatic nitrogens is 2. The lowest BCUT2D eigenvalue weighted by Crippen LogP contribution is -2.31. The Bertz CT molecular complexity index is 997. The van der Waals surface area contributed by atoms with Gasteiger partial charge < -0.3 is 5.73 Å². The quantitative estimate of drug-likeness (QED) is 0.765. The molecule has 0 saturated carbocycles. The molecule has 130 valence electrons. The average Bonchev–Trinajstić information content (AvgIpc) is 2.52. The SMILES string of the molecule is CC(C)C(N)c1nc2cccc(Cl)c2c(=O)n1-c1cc(F)cc(F)c1. The molecule has 0 saturated heterocycles. The van der Waals surface area contributed by atoms with E-state index in [1.165, 1.54) is 0 Å².